The van der Waals surface area contributed by atoms with E-state index in [4.69, 9.17) is 0 Å². The van der Waals surface area contributed by atoms with Gasteiger partial charge in [0, 0.05) is 38.8 Å². The maximum Gasteiger partial charge on any atom is 0.233 e. The molecule has 0 aliphatic carbocycles. The fourth-order valence-corrected chi connectivity index (χ4v) is 5.25. The van der Waals surface area contributed by atoms with Crippen LogP contribution in [0.4, 0.5) is 0 Å². The van der Waals surface area contributed by atoms with Crippen LogP contribution in [0, 0.1) is 0 Å². The summed E-state index contributed by atoms with van der Waals surface area (Å²) in [6.07, 6.45) is 5.59. The number of amides is 1. The SMILES string of the molecule is O=C([C@H]1CCCCn2nnnc21)N1CCN(C2CCSCC2)CC1. The van der Waals surface area contributed by atoms with Gasteiger partial charge >= 0.3 is 0 Å². The van der Waals surface area contributed by atoms with Crippen molar-refractivity contribution in [2.45, 2.75) is 50.6 Å². The van der Waals surface area contributed by atoms with Gasteiger partial charge in [-0.1, -0.05) is 6.42 Å². The Balaban J connectivity index is 1.38. The molecule has 132 valence electrons. The number of carbonyl (C=O) groups is 1. The Morgan fingerprint density at radius 2 is 1.79 bits per heavy atom. The van der Waals surface area contributed by atoms with Crippen molar-refractivity contribution >= 4 is 17.7 Å². The van der Waals surface area contributed by atoms with E-state index in [-0.39, 0.29) is 11.8 Å². The summed E-state index contributed by atoms with van der Waals surface area (Å²) in [6, 6.07) is 0.730. The molecule has 0 spiro atoms. The van der Waals surface area contributed by atoms with E-state index >= 15 is 0 Å². The zero-order chi connectivity index (χ0) is 16.4. The van der Waals surface area contributed by atoms with Crippen LogP contribution in [0.1, 0.15) is 43.8 Å². The summed E-state index contributed by atoms with van der Waals surface area (Å²) in [4.78, 5) is 17.7. The van der Waals surface area contributed by atoms with Gasteiger partial charge in [0.1, 0.15) is 0 Å². The van der Waals surface area contributed by atoms with Crippen molar-refractivity contribution in [2.24, 2.45) is 0 Å². The molecule has 3 aliphatic rings. The molecule has 0 bridgehead atoms. The molecule has 1 atom stereocenters. The topological polar surface area (TPSA) is 67.2 Å². The van der Waals surface area contributed by atoms with Crippen LogP contribution in [-0.4, -0.2) is 79.6 Å². The van der Waals surface area contributed by atoms with Gasteiger partial charge in [0.25, 0.3) is 0 Å². The van der Waals surface area contributed by atoms with E-state index in [1.165, 1.54) is 24.3 Å². The first-order valence-corrected chi connectivity index (χ1v) is 10.3. The number of thioether (sulfide) groups is 1. The lowest BCUT2D eigenvalue weighted by atomic mass is 10.00. The van der Waals surface area contributed by atoms with Gasteiger partial charge in [-0.15, -0.1) is 5.10 Å². The lowest BCUT2D eigenvalue weighted by Gasteiger charge is -2.41. The molecule has 7 nitrogen and oxygen atoms in total. The average molecular weight is 350 g/mol. The van der Waals surface area contributed by atoms with Crippen LogP contribution < -0.4 is 0 Å². The zero-order valence-electron chi connectivity index (χ0n) is 14.1. The lowest BCUT2D eigenvalue weighted by molar-refractivity contribution is -0.135. The number of tetrazole rings is 1. The van der Waals surface area contributed by atoms with Gasteiger partial charge in [-0.25, -0.2) is 4.68 Å². The highest BCUT2D eigenvalue weighted by atomic mass is 32.2. The summed E-state index contributed by atoms with van der Waals surface area (Å²) in [6.45, 7) is 4.55. The summed E-state index contributed by atoms with van der Waals surface area (Å²) in [7, 11) is 0. The fraction of sp³-hybridized carbons (Fsp3) is 0.875. The van der Waals surface area contributed by atoms with E-state index in [1.807, 2.05) is 9.58 Å². The van der Waals surface area contributed by atoms with E-state index in [0.29, 0.717) is 0 Å². The molecule has 8 heteroatoms. The van der Waals surface area contributed by atoms with Crippen LogP contribution in [0.2, 0.25) is 0 Å². The molecular weight excluding hydrogens is 324 g/mol. The molecule has 0 saturated carbocycles. The van der Waals surface area contributed by atoms with Gasteiger partial charge in [0.05, 0.1) is 5.92 Å². The third-order valence-electron chi connectivity index (χ3n) is 5.62. The Bertz CT molecular complexity index is 565. The normalized spacial score (nSPS) is 26.8. The predicted molar refractivity (Wildman–Crippen MR) is 92.9 cm³/mol. The van der Waals surface area contributed by atoms with E-state index in [2.05, 4.69) is 32.2 Å². The Kier molecular flexibility index (Phi) is 5.03. The Labute approximate surface area is 147 Å². The minimum absolute atomic E-state index is 0.153. The number of hydrogen-bond acceptors (Lipinski definition) is 6. The quantitative estimate of drug-likeness (QED) is 0.792. The minimum Gasteiger partial charge on any atom is -0.339 e. The zero-order valence-corrected chi connectivity index (χ0v) is 15.0. The number of piperazine rings is 1. The van der Waals surface area contributed by atoms with Crippen molar-refractivity contribution in [1.82, 2.24) is 30.0 Å². The molecule has 0 aromatic carbocycles. The standard InChI is InChI=1S/C16H26N6OS/c23-16(14-3-1-2-6-22-15(14)17-18-19-22)21-9-7-20(8-10-21)13-4-11-24-12-5-13/h13-14H,1-12H2/t14-/m0/s1. The number of rotatable bonds is 2. The Hall–Kier alpha value is -1.15. The van der Waals surface area contributed by atoms with E-state index in [1.54, 1.807) is 0 Å². The number of aryl methyl sites for hydroxylation is 1. The molecule has 4 heterocycles. The number of fused-ring (bicyclic) bond motifs is 1. The summed E-state index contributed by atoms with van der Waals surface area (Å²) in [5.74, 6) is 3.42. The molecule has 1 aromatic heterocycles. The third-order valence-corrected chi connectivity index (χ3v) is 6.66. The molecule has 24 heavy (non-hydrogen) atoms. The first-order valence-electron chi connectivity index (χ1n) is 9.19. The fourth-order valence-electron chi connectivity index (χ4n) is 4.17. The second kappa shape index (κ2) is 7.39. The maximum atomic E-state index is 13.0. The lowest BCUT2D eigenvalue weighted by Crippen LogP contribution is -2.53. The smallest absolute Gasteiger partial charge is 0.233 e. The highest BCUT2D eigenvalue weighted by molar-refractivity contribution is 7.99. The average Bonchev–Trinajstić information content (AvgIpc) is 3.01. The van der Waals surface area contributed by atoms with E-state index in [9.17, 15) is 4.79 Å². The number of carbonyl (C=O) groups excluding carboxylic acids is 1. The highest BCUT2D eigenvalue weighted by Gasteiger charge is 2.34. The van der Waals surface area contributed by atoms with Gasteiger partial charge in [0.15, 0.2) is 5.82 Å². The largest absolute Gasteiger partial charge is 0.339 e. The molecule has 0 unspecified atom stereocenters. The Morgan fingerprint density at radius 3 is 2.58 bits per heavy atom. The molecule has 2 saturated heterocycles. The van der Waals surface area contributed by atoms with Crippen LogP contribution >= 0.6 is 11.8 Å². The van der Waals surface area contributed by atoms with Crippen molar-refractivity contribution in [2.75, 3.05) is 37.7 Å². The van der Waals surface area contributed by atoms with Crippen LogP contribution in [0.3, 0.4) is 0 Å². The van der Waals surface area contributed by atoms with E-state index in [0.717, 1.165) is 63.9 Å². The van der Waals surface area contributed by atoms with Crippen molar-refractivity contribution in [3.05, 3.63) is 5.82 Å². The predicted octanol–water partition coefficient (Wildman–Crippen LogP) is 0.980. The first-order chi connectivity index (χ1) is 11.8. The molecule has 4 rings (SSSR count). The Morgan fingerprint density at radius 1 is 1.00 bits per heavy atom. The number of aromatic nitrogens is 4. The number of nitrogens with zero attached hydrogens (tertiary/aromatic N) is 6. The maximum absolute atomic E-state index is 13.0. The summed E-state index contributed by atoms with van der Waals surface area (Å²) >= 11 is 2.07. The molecular formula is C16H26N6OS. The monoisotopic (exact) mass is 350 g/mol. The second-order valence-electron chi connectivity index (χ2n) is 7.01. The van der Waals surface area contributed by atoms with Gasteiger partial charge in [-0.2, -0.15) is 11.8 Å². The summed E-state index contributed by atoms with van der Waals surface area (Å²) in [5.41, 5.74) is 0. The molecule has 2 fully saturated rings. The van der Waals surface area contributed by atoms with Crippen LogP contribution in [-0.2, 0) is 11.3 Å². The van der Waals surface area contributed by atoms with Crippen LogP contribution in [0.25, 0.3) is 0 Å². The highest BCUT2D eigenvalue weighted by Crippen LogP contribution is 2.27. The van der Waals surface area contributed by atoms with Crippen molar-refractivity contribution in [3.8, 4) is 0 Å². The third kappa shape index (κ3) is 3.31. The van der Waals surface area contributed by atoms with Gasteiger partial charge in [-0.05, 0) is 47.6 Å². The van der Waals surface area contributed by atoms with Gasteiger partial charge < -0.3 is 4.90 Å². The van der Waals surface area contributed by atoms with Crippen molar-refractivity contribution in [1.29, 1.82) is 0 Å². The van der Waals surface area contributed by atoms with Crippen LogP contribution in [0.15, 0.2) is 0 Å². The van der Waals surface area contributed by atoms with Crippen molar-refractivity contribution in [3.63, 3.8) is 0 Å². The summed E-state index contributed by atoms with van der Waals surface area (Å²) < 4.78 is 1.82. The first kappa shape index (κ1) is 16.3. The van der Waals surface area contributed by atoms with Crippen LogP contribution in [0.5, 0.6) is 0 Å². The summed E-state index contributed by atoms with van der Waals surface area (Å²) in [5, 5.41) is 12.0. The van der Waals surface area contributed by atoms with Gasteiger partial charge in [0.2, 0.25) is 5.91 Å². The van der Waals surface area contributed by atoms with Crippen molar-refractivity contribution < 1.29 is 4.79 Å². The molecule has 1 amide bonds. The molecule has 1 aromatic rings. The molecule has 0 radical (unpaired) electrons. The molecule has 0 N–H and O–H groups in total. The second-order valence-corrected chi connectivity index (χ2v) is 8.24. The molecule has 3 aliphatic heterocycles. The van der Waals surface area contributed by atoms with Gasteiger partial charge in [-0.3, -0.25) is 9.69 Å². The number of hydrogen-bond donors (Lipinski definition) is 0. The van der Waals surface area contributed by atoms with E-state index < -0.39 is 0 Å². The minimum atomic E-state index is -0.153.